The normalized spacial score (nSPS) is 13.3. The predicted octanol–water partition coefficient (Wildman–Crippen LogP) is 8.18. The van der Waals surface area contributed by atoms with Crippen LogP contribution < -0.4 is 20.3 Å². The van der Waals surface area contributed by atoms with Crippen LogP contribution in [0.3, 0.4) is 0 Å². The fraction of sp³-hybridized carbons (Fsp3) is 0.421. The highest BCUT2D eigenvalue weighted by Gasteiger charge is 2.27. The van der Waals surface area contributed by atoms with Crippen molar-refractivity contribution in [3.63, 3.8) is 0 Å². The molecule has 0 saturated carbocycles. The van der Waals surface area contributed by atoms with Crippen LogP contribution in [0, 0.1) is 24.6 Å². The molecule has 0 amide bonds. The first-order chi connectivity index (χ1) is 25.7. The number of fused-ring (bicyclic) bond motifs is 1. The van der Waals surface area contributed by atoms with Crippen LogP contribution in [-0.2, 0) is 27.0 Å². The van der Waals surface area contributed by atoms with E-state index in [0.29, 0.717) is 60.5 Å². The monoisotopic (exact) mass is 809 g/mol. The molecular formula is C38H49FN7O4PS2Si. The molecule has 2 aromatic carbocycles. The lowest BCUT2D eigenvalue weighted by Crippen LogP contribution is -2.23. The number of nitrogens with one attached hydrogen (secondary N) is 1. The molecule has 11 nitrogen and oxygen atoms in total. The molecule has 0 aliphatic heterocycles. The number of aryl methyl sites for hydroxylation is 2. The summed E-state index contributed by atoms with van der Waals surface area (Å²) in [6.07, 6.45) is 1.05. The molecule has 5 rings (SSSR count). The number of anilines is 2. The number of aromatic nitrogens is 4. The zero-order chi connectivity index (χ0) is 38.9. The van der Waals surface area contributed by atoms with Gasteiger partial charge in [-0.2, -0.15) is 4.99 Å². The third-order valence-corrected chi connectivity index (χ3v) is 13.8. The molecule has 0 spiro atoms. The molecule has 3 heterocycles. The molecule has 0 aliphatic carbocycles. The molecule has 288 valence electrons. The van der Waals surface area contributed by atoms with E-state index in [0.717, 1.165) is 31.5 Å². The second-order valence-corrected chi connectivity index (χ2v) is 24.4. The van der Waals surface area contributed by atoms with Gasteiger partial charge in [-0.25, -0.2) is 9.37 Å². The number of hydrogen-bond donors (Lipinski definition) is 1. The Hall–Kier alpha value is -3.74. The van der Waals surface area contributed by atoms with Crippen molar-refractivity contribution in [1.82, 2.24) is 24.6 Å². The zero-order valence-electron chi connectivity index (χ0n) is 32.2. The number of benzene rings is 2. The lowest BCUT2D eigenvalue weighted by atomic mass is 10.2. The van der Waals surface area contributed by atoms with Crippen molar-refractivity contribution in [2.75, 3.05) is 52.4 Å². The Kier molecular flexibility index (Phi) is 14.4. The maximum absolute atomic E-state index is 14.7. The van der Waals surface area contributed by atoms with E-state index in [4.69, 9.17) is 24.0 Å². The molecule has 0 radical (unpaired) electrons. The first kappa shape index (κ1) is 41.4. The molecule has 54 heavy (non-hydrogen) atoms. The van der Waals surface area contributed by atoms with Gasteiger partial charge in [0.05, 0.1) is 30.0 Å². The van der Waals surface area contributed by atoms with Crippen LogP contribution in [0.4, 0.5) is 21.2 Å². The van der Waals surface area contributed by atoms with E-state index >= 15 is 0 Å². The first-order valence-electron chi connectivity index (χ1n) is 17.8. The minimum atomic E-state index is -3.21. The van der Waals surface area contributed by atoms with Gasteiger partial charge < -0.3 is 19.3 Å². The summed E-state index contributed by atoms with van der Waals surface area (Å²) in [4.78, 5) is 13.1. The molecule has 1 unspecified atom stereocenters. The van der Waals surface area contributed by atoms with Gasteiger partial charge in [-0.1, -0.05) is 55.0 Å². The van der Waals surface area contributed by atoms with Crippen LogP contribution in [0.15, 0.2) is 53.5 Å². The summed E-state index contributed by atoms with van der Waals surface area (Å²) in [5, 5.41) is 12.6. The smallest absolute Gasteiger partial charge is 0.248 e. The summed E-state index contributed by atoms with van der Waals surface area (Å²) < 4.78 is 49.0. The highest BCUT2D eigenvalue weighted by Crippen LogP contribution is 2.44. The molecule has 5 aromatic rings. The third-order valence-electron chi connectivity index (χ3n) is 8.00. The fourth-order valence-corrected chi connectivity index (χ4v) is 10.1. The molecule has 16 heteroatoms. The number of halogens is 1. The quantitative estimate of drug-likeness (QED) is 0.0430. The number of para-hydroxylation sites is 1. The summed E-state index contributed by atoms with van der Waals surface area (Å²) in [6, 6.07) is 15.9. The Morgan fingerprint density at radius 3 is 2.61 bits per heavy atom. The lowest BCUT2D eigenvalue weighted by Gasteiger charge is -2.15. The Bertz CT molecular complexity index is 2240. The molecule has 3 aromatic heterocycles. The van der Waals surface area contributed by atoms with Crippen LogP contribution in [0.25, 0.3) is 10.2 Å². The van der Waals surface area contributed by atoms with E-state index in [1.165, 1.54) is 17.4 Å². The molecule has 0 fully saturated rings. The summed E-state index contributed by atoms with van der Waals surface area (Å²) in [5.41, 5.74) is 2.87. The van der Waals surface area contributed by atoms with E-state index in [-0.39, 0.29) is 19.0 Å². The van der Waals surface area contributed by atoms with Gasteiger partial charge in [0.15, 0.2) is 33.1 Å². The van der Waals surface area contributed by atoms with E-state index in [9.17, 15) is 8.96 Å². The van der Waals surface area contributed by atoms with Gasteiger partial charge in [0.25, 0.3) is 0 Å². The SMILES string of the molecule is CCOP(C)(=O)c1nc(Nc2cc(C)c(N=c3sc4ccccc4n3COCC[Si](C)(C)C)nn2)sc1CCCOc1ccc(C#CCN(C)C)cc1F. The molecule has 0 saturated heterocycles. The van der Waals surface area contributed by atoms with Gasteiger partial charge in [0.1, 0.15) is 12.2 Å². The predicted molar refractivity (Wildman–Crippen MR) is 222 cm³/mol. The second kappa shape index (κ2) is 18.7. The number of nitrogens with zero attached hydrogens (tertiary/aromatic N) is 6. The van der Waals surface area contributed by atoms with Crippen molar-refractivity contribution in [3.05, 3.63) is 75.2 Å². The number of ether oxygens (including phenoxy) is 2. The van der Waals surface area contributed by atoms with Gasteiger partial charge in [-0.15, -0.1) is 21.5 Å². The van der Waals surface area contributed by atoms with Gasteiger partial charge in [-0.05, 0) is 88.8 Å². The first-order valence-corrected chi connectivity index (χ1v) is 25.2. The largest absolute Gasteiger partial charge is 0.491 e. The summed E-state index contributed by atoms with van der Waals surface area (Å²) >= 11 is 2.95. The number of hydrogen-bond acceptors (Lipinski definition) is 12. The number of thiazole rings is 2. The van der Waals surface area contributed by atoms with Gasteiger partial charge in [-0.3, -0.25) is 14.0 Å². The molecule has 1 atom stereocenters. The molecular weight excluding hydrogens is 761 g/mol. The van der Waals surface area contributed by atoms with E-state index in [1.54, 1.807) is 37.1 Å². The lowest BCUT2D eigenvalue weighted by molar-refractivity contribution is 0.0884. The summed E-state index contributed by atoms with van der Waals surface area (Å²) in [7, 11) is -0.576. The Morgan fingerprint density at radius 1 is 1.09 bits per heavy atom. The highest BCUT2D eigenvalue weighted by atomic mass is 32.1. The molecule has 0 bridgehead atoms. The van der Waals surface area contributed by atoms with Gasteiger partial charge in [0.2, 0.25) is 7.37 Å². The fourth-order valence-electron chi connectivity index (χ4n) is 5.21. The summed E-state index contributed by atoms with van der Waals surface area (Å²) in [6.45, 7) is 14.6. The standard InChI is InChI=1S/C38H49FN7O4PS2Si/c1-9-50-51(5,47)36-33(17-13-21-49-31-19-18-28(25-29(31)39)14-12-20-45(3)4)52-37(42-36)40-34-24-27(2)35(44-43-34)41-38-46(26-48-22-23-54(6,7)8)30-15-10-11-16-32(30)53-38/h10-11,15-16,18-19,24-25H,9,13,17,20-23,26H2,1-8H3,(H,40,42,43). The maximum atomic E-state index is 14.7. The van der Waals surface area contributed by atoms with Crippen LogP contribution in [0.1, 0.15) is 29.3 Å². The van der Waals surface area contributed by atoms with Crippen molar-refractivity contribution >= 4 is 70.5 Å². The van der Waals surface area contributed by atoms with Gasteiger partial charge in [0, 0.05) is 31.8 Å². The minimum Gasteiger partial charge on any atom is -0.491 e. The van der Waals surface area contributed by atoms with Crippen molar-refractivity contribution in [2.24, 2.45) is 4.99 Å². The molecule has 1 N–H and O–H groups in total. The van der Waals surface area contributed by atoms with Crippen LogP contribution in [0.2, 0.25) is 25.7 Å². The van der Waals surface area contributed by atoms with Crippen LogP contribution in [0.5, 0.6) is 5.75 Å². The number of rotatable bonds is 17. The van der Waals surface area contributed by atoms with E-state index in [2.05, 4.69) is 63.7 Å². The van der Waals surface area contributed by atoms with E-state index < -0.39 is 21.3 Å². The minimum absolute atomic E-state index is 0.160. The Balaban J connectivity index is 1.29. The summed E-state index contributed by atoms with van der Waals surface area (Å²) in [5.74, 6) is 6.64. The van der Waals surface area contributed by atoms with E-state index in [1.807, 2.05) is 44.1 Å². The van der Waals surface area contributed by atoms with Crippen molar-refractivity contribution in [1.29, 1.82) is 0 Å². The van der Waals surface area contributed by atoms with Crippen molar-refractivity contribution in [2.45, 2.75) is 59.1 Å². The maximum Gasteiger partial charge on any atom is 0.248 e. The third kappa shape index (κ3) is 11.6. The topological polar surface area (TPSA) is 116 Å². The van der Waals surface area contributed by atoms with Crippen molar-refractivity contribution in [3.8, 4) is 17.6 Å². The highest BCUT2D eigenvalue weighted by molar-refractivity contribution is 7.66. The zero-order valence-corrected chi connectivity index (χ0v) is 35.8. The second-order valence-electron chi connectivity index (χ2n) is 14.3. The van der Waals surface area contributed by atoms with Crippen LogP contribution in [-0.4, -0.2) is 79.8 Å². The Morgan fingerprint density at radius 2 is 1.89 bits per heavy atom. The van der Waals surface area contributed by atoms with Gasteiger partial charge >= 0.3 is 0 Å². The average Bonchev–Trinajstić information content (AvgIpc) is 3.67. The molecule has 0 aliphatic rings. The Labute approximate surface area is 326 Å². The van der Waals surface area contributed by atoms with Crippen LogP contribution >= 0.6 is 30.0 Å². The average molecular weight is 810 g/mol. The van der Waals surface area contributed by atoms with Crippen molar-refractivity contribution < 1.29 is 23.0 Å².